The van der Waals surface area contributed by atoms with Crippen molar-refractivity contribution >= 4 is 22.4 Å². The molecule has 1 amide bonds. The number of anilines is 1. The molecule has 24 heavy (non-hydrogen) atoms. The number of hydrogen-bond donors (Lipinski definition) is 1. The molecular formula is C16H8F4N2OS. The molecular weight excluding hydrogens is 344 g/mol. The first-order valence-electron chi connectivity index (χ1n) is 6.61. The zero-order valence-electron chi connectivity index (χ0n) is 11.8. The lowest BCUT2D eigenvalue weighted by atomic mass is 10.1. The van der Waals surface area contributed by atoms with E-state index in [4.69, 9.17) is 0 Å². The summed E-state index contributed by atoms with van der Waals surface area (Å²) in [4.78, 5) is 16.0. The predicted molar refractivity (Wildman–Crippen MR) is 81.8 cm³/mol. The monoisotopic (exact) mass is 352 g/mol. The summed E-state index contributed by atoms with van der Waals surface area (Å²) in [5.41, 5.74) is -0.281. The highest BCUT2D eigenvalue weighted by Gasteiger charge is 2.16. The fourth-order valence-electron chi connectivity index (χ4n) is 1.99. The second kappa shape index (κ2) is 6.40. The van der Waals surface area contributed by atoms with E-state index in [1.54, 1.807) is 0 Å². The van der Waals surface area contributed by atoms with Crippen LogP contribution in [-0.4, -0.2) is 10.9 Å². The van der Waals surface area contributed by atoms with Gasteiger partial charge >= 0.3 is 0 Å². The standard InChI is InChI=1S/C16H8F4N2OS/c17-8-2-4-12(19)11(5-8)14-7-24-16(21-14)22-15(23)10-3-1-9(18)6-13(10)20/h1-7H,(H,21,22,23). The first-order chi connectivity index (χ1) is 11.4. The number of amides is 1. The molecule has 8 heteroatoms. The van der Waals surface area contributed by atoms with E-state index in [-0.39, 0.29) is 22.0 Å². The minimum absolute atomic E-state index is 0.0558. The Morgan fingerprint density at radius 2 is 1.67 bits per heavy atom. The quantitative estimate of drug-likeness (QED) is 0.699. The van der Waals surface area contributed by atoms with Gasteiger partial charge in [-0.2, -0.15) is 0 Å². The van der Waals surface area contributed by atoms with Gasteiger partial charge in [0, 0.05) is 17.0 Å². The number of carbonyl (C=O) groups excluding carboxylic acids is 1. The van der Waals surface area contributed by atoms with Gasteiger partial charge < -0.3 is 0 Å². The van der Waals surface area contributed by atoms with Crippen molar-refractivity contribution in [2.75, 3.05) is 5.32 Å². The van der Waals surface area contributed by atoms with E-state index in [1.165, 1.54) is 5.38 Å². The van der Waals surface area contributed by atoms with Crippen LogP contribution in [0.25, 0.3) is 11.3 Å². The van der Waals surface area contributed by atoms with Gasteiger partial charge in [0.05, 0.1) is 11.3 Å². The summed E-state index contributed by atoms with van der Waals surface area (Å²) in [6, 6.07) is 5.47. The summed E-state index contributed by atoms with van der Waals surface area (Å²) < 4.78 is 53.3. The maximum Gasteiger partial charge on any atom is 0.260 e. The van der Waals surface area contributed by atoms with E-state index in [0.717, 1.165) is 41.7 Å². The summed E-state index contributed by atoms with van der Waals surface area (Å²) in [7, 11) is 0. The zero-order valence-corrected chi connectivity index (χ0v) is 12.6. The van der Waals surface area contributed by atoms with Gasteiger partial charge in [-0.3, -0.25) is 10.1 Å². The maximum absolute atomic E-state index is 13.7. The number of thiazole rings is 1. The number of nitrogens with one attached hydrogen (secondary N) is 1. The third-order valence-corrected chi connectivity index (χ3v) is 3.86. The van der Waals surface area contributed by atoms with Gasteiger partial charge in [-0.1, -0.05) is 0 Å². The predicted octanol–water partition coefficient (Wildman–Crippen LogP) is 4.62. The number of aromatic nitrogens is 1. The van der Waals surface area contributed by atoms with Crippen molar-refractivity contribution in [2.45, 2.75) is 0 Å². The molecule has 0 aliphatic carbocycles. The molecule has 0 atom stereocenters. The summed E-state index contributed by atoms with van der Waals surface area (Å²) in [6.07, 6.45) is 0. The number of carbonyl (C=O) groups is 1. The van der Waals surface area contributed by atoms with Crippen molar-refractivity contribution in [2.24, 2.45) is 0 Å². The Bertz CT molecular complexity index is 926. The van der Waals surface area contributed by atoms with Crippen LogP contribution in [0.4, 0.5) is 22.7 Å². The Hall–Kier alpha value is -2.74. The SMILES string of the molecule is O=C(Nc1nc(-c2cc(F)ccc2F)cs1)c1ccc(F)cc1F. The van der Waals surface area contributed by atoms with Gasteiger partial charge in [0.1, 0.15) is 23.3 Å². The van der Waals surface area contributed by atoms with Gasteiger partial charge in [0.2, 0.25) is 0 Å². The second-order valence-corrected chi connectivity index (χ2v) is 5.60. The Kier molecular flexibility index (Phi) is 4.30. The van der Waals surface area contributed by atoms with Crippen molar-refractivity contribution in [3.63, 3.8) is 0 Å². The van der Waals surface area contributed by atoms with Crippen molar-refractivity contribution in [1.29, 1.82) is 0 Å². The molecule has 0 aliphatic rings. The van der Waals surface area contributed by atoms with Crippen LogP contribution in [0.3, 0.4) is 0 Å². The summed E-state index contributed by atoms with van der Waals surface area (Å²) in [5.74, 6) is -3.93. The van der Waals surface area contributed by atoms with Crippen LogP contribution in [0.2, 0.25) is 0 Å². The van der Waals surface area contributed by atoms with E-state index in [9.17, 15) is 22.4 Å². The van der Waals surface area contributed by atoms with Crippen LogP contribution < -0.4 is 5.32 Å². The molecule has 0 aliphatic heterocycles. The van der Waals surface area contributed by atoms with E-state index in [0.29, 0.717) is 6.07 Å². The second-order valence-electron chi connectivity index (χ2n) is 4.74. The minimum atomic E-state index is -1.01. The zero-order chi connectivity index (χ0) is 17.3. The van der Waals surface area contributed by atoms with Crippen molar-refractivity contribution in [3.05, 3.63) is 70.6 Å². The van der Waals surface area contributed by atoms with Crippen molar-refractivity contribution in [1.82, 2.24) is 4.98 Å². The largest absolute Gasteiger partial charge is 0.298 e. The van der Waals surface area contributed by atoms with Gasteiger partial charge in [0.25, 0.3) is 5.91 Å². The molecule has 0 fully saturated rings. The van der Waals surface area contributed by atoms with Crippen LogP contribution in [0.5, 0.6) is 0 Å². The number of rotatable bonds is 3. The van der Waals surface area contributed by atoms with Gasteiger partial charge in [-0.25, -0.2) is 22.5 Å². The number of nitrogens with zero attached hydrogens (tertiary/aromatic N) is 1. The van der Waals surface area contributed by atoms with Crippen molar-refractivity contribution < 1.29 is 22.4 Å². The lowest BCUT2D eigenvalue weighted by Gasteiger charge is -2.03. The molecule has 0 radical (unpaired) electrons. The number of hydrogen-bond acceptors (Lipinski definition) is 3. The van der Waals surface area contributed by atoms with Gasteiger partial charge in [-0.15, -0.1) is 11.3 Å². The summed E-state index contributed by atoms with van der Waals surface area (Å²) in [6.45, 7) is 0. The topological polar surface area (TPSA) is 42.0 Å². The molecule has 1 aromatic heterocycles. The summed E-state index contributed by atoms with van der Waals surface area (Å²) >= 11 is 0.962. The molecule has 1 heterocycles. The molecule has 3 nitrogen and oxygen atoms in total. The third kappa shape index (κ3) is 3.28. The average molecular weight is 352 g/mol. The molecule has 1 N–H and O–H groups in total. The van der Waals surface area contributed by atoms with E-state index < -0.39 is 29.2 Å². The van der Waals surface area contributed by atoms with E-state index in [2.05, 4.69) is 10.3 Å². The average Bonchev–Trinajstić information content (AvgIpc) is 2.97. The maximum atomic E-state index is 13.7. The summed E-state index contributed by atoms with van der Waals surface area (Å²) in [5, 5.41) is 3.83. The Labute approximate surface area is 137 Å². The van der Waals surface area contributed by atoms with Crippen LogP contribution in [-0.2, 0) is 0 Å². The van der Waals surface area contributed by atoms with Crippen LogP contribution in [0.15, 0.2) is 41.8 Å². The molecule has 0 spiro atoms. The minimum Gasteiger partial charge on any atom is -0.298 e. The normalized spacial score (nSPS) is 10.7. The highest BCUT2D eigenvalue weighted by molar-refractivity contribution is 7.14. The number of halogens is 4. The number of benzene rings is 2. The van der Waals surface area contributed by atoms with Gasteiger partial charge in [0.15, 0.2) is 5.13 Å². The first kappa shape index (κ1) is 16.1. The van der Waals surface area contributed by atoms with E-state index in [1.807, 2.05) is 0 Å². The fraction of sp³-hybridized carbons (Fsp3) is 0. The van der Waals surface area contributed by atoms with E-state index >= 15 is 0 Å². The molecule has 3 aromatic rings. The van der Waals surface area contributed by atoms with Crippen LogP contribution in [0, 0.1) is 23.3 Å². The first-order valence-corrected chi connectivity index (χ1v) is 7.49. The van der Waals surface area contributed by atoms with Crippen molar-refractivity contribution in [3.8, 4) is 11.3 Å². The lowest BCUT2D eigenvalue weighted by Crippen LogP contribution is -2.13. The highest BCUT2D eigenvalue weighted by Crippen LogP contribution is 2.28. The van der Waals surface area contributed by atoms with Crippen LogP contribution >= 0.6 is 11.3 Å². The van der Waals surface area contributed by atoms with Gasteiger partial charge in [-0.05, 0) is 30.3 Å². The third-order valence-electron chi connectivity index (χ3n) is 3.10. The molecule has 122 valence electrons. The molecule has 0 saturated heterocycles. The lowest BCUT2D eigenvalue weighted by molar-refractivity contribution is 0.102. The fourth-order valence-corrected chi connectivity index (χ4v) is 2.69. The molecule has 3 rings (SSSR count). The Balaban J connectivity index is 1.83. The van der Waals surface area contributed by atoms with Crippen LogP contribution in [0.1, 0.15) is 10.4 Å². The molecule has 0 bridgehead atoms. The highest BCUT2D eigenvalue weighted by atomic mass is 32.1. The molecule has 2 aromatic carbocycles. The smallest absolute Gasteiger partial charge is 0.260 e. The molecule has 0 saturated carbocycles. The Morgan fingerprint density at radius 1 is 0.958 bits per heavy atom. The Morgan fingerprint density at radius 3 is 2.42 bits per heavy atom. The molecule has 0 unspecified atom stereocenters.